The third kappa shape index (κ3) is 3.06. The third-order valence-corrected chi connectivity index (χ3v) is 2.76. The van der Waals surface area contributed by atoms with Crippen LogP contribution < -0.4 is 0 Å². The van der Waals surface area contributed by atoms with Crippen molar-refractivity contribution in [3.8, 4) is 0 Å². The van der Waals surface area contributed by atoms with Gasteiger partial charge >= 0.3 is 0 Å². The molecular weight excluding hydrogens is 258 g/mol. The van der Waals surface area contributed by atoms with Crippen LogP contribution >= 0.6 is 15.9 Å². The van der Waals surface area contributed by atoms with Crippen LogP contribution in [0, 0.1) is 6.92 Å². The smallest absolute Gasteiger partial charge is 0.271 e. The molecular formula is C10H16BrN3O. The summed E-state index contributed by atoms with van der Waals surface area (Å²) in [7, 11) is 3.60. The Kier molecular flexibility index (Phi) is 4.32. The number of rotatable bonds is 4. The maximum atomic E-state index is 11.9. The number of alkyl halides is 1. The Hall–Kier alpha value is -0.840. The predicted octanol–water partition coefficient (Wildman–Crippen LogP) is 1.59. The molecule has 0 atom stereocenters. The first-order valence-corrected chi connectivity index (χ1v) is 6.00. The van der Waals surface area contributed by atoms with Gasteiger partial charge in [-0.2, -0.15) is 5.10 Å². The van der Waals surface area contributed by atoms with Gasteiger partial charge in [0.25, 0.3) is 5.91 Å². The van der Waals surface area contributed by atoms with Crippen molar-refractivity contribution >= 4 is 21.8 Å². The summed E-state index contributed by atoms with van der Waals surface area (Å²) in [4.78, 5) is 13.7. The van der Waals surface area contributed by atoms with Crippen molar-refractivity contribution in [2.45, 2.75) is 13.3 Å². The molecule has 5 heteroatoms. The molecule has 1 aromatic rings. The summed E-state index contributed by atoms with van der Waals surface area (Å²) >= 11 is 3.35. The molecule has 0 aliphatic heterocycles. The molecule has 0 aliphatic carbocycles. The molecule has 0 bridgehead atoms. The second-order valence-electron chi connectivity index (χ2n) is 3.56. The van der Waals surface area contributed by atoms with Crippen molar-refractivity contribution in [1.29, 1.82) is 0 Å². The average molecular weight is 274 g/mol. The highest BCUT2D eigenvalue weighted by Crippen LogP contribution is 2.05. The van der Waals surface area contributed by atoms with Crippen LogP contribution in [-0.2, 0) is 7.05 Å². The van der Waals surface area contributed by atoms with Crippen molar-refractivity contribution in [2.24, 2.45) is 7.05 Å². The summed E-state index contributed by atoms with van der Waals surface area (Å²) in [5.41, 5.74) is 1.51. The average Bonchev–Trinajstić information content (AvgIpc) is 2.53. The molecule has 1 aromatic heterocycles. The van der Waals surface area contributed by atoms with Crippen LogP contribution in [0.5, 0.6) is 0 Å². The monoisotopic (exact) mass is 273 g/mol. The lowest BCUT2D eigenvalue weighted by Crippen LogP contribution is -2.29. The van der Waals surface area contributed by atoms with E-state index in [0.29, 0.717) is 5.69 Å². The summed E-state index contributed by atoms with van der Waals surface area (Å²) in [6.45, 7) is 2.64. The standard InChI is InChI=1S/C10H16BrN3O/c1-8-7-9(14(3)12-8)10(15)13(2)6-4-5-11/h7H,4-6H2,1-3H3. The Morgan fingerprint density at radius 1 is 1.67 bits per heavy atom. The van der Waals surface area contributed by atoms with Crippen LogP contribution in [0.25, 0.3) is 0 Å². The lowest BCUT2D eigenvalue weighted by molar-refractivity contribution is 0.0785. The minimum absolute atomic E-state index is 0.0269. The maximum absolute atomic E-state index is 11.9. The predicted molar refractivity (Wildman–Crippen MR) is 63.3 cm³/mol. The zero-order valence-corrected chi connectivity index (χ0v) is 10.9. The number of nitrogens with zero attached hydrogens (tertiary/aromatic N) is 3. The van der Waals surface area contributed by atoms with Gasteiger partial charge in [0.1, 0.15) is 5.69 Å². The summed E-state index contributed by atoms with van der Waals surface area (Å²) in [6, 6.07) is 1.81. The zero-order chi connectivity index (χ0) is 11.4. The summed E-state index contributed by atoms with van der Waals surface area (Å²) in [5, 5.41) is 5.07. The Morgan fingerprint density at radius 2 is 2.33 bits per heavy atom. The minimum atomic E-state index is 0.0269. The Labute approximate surface area is 98.4 Å². The van der Waals surface area contributed by atoms with E-state index in [1.54, 1.807) is 16.6 Å². The SMILES string of the molecule is Cc1cc(C(=O)N(C)CCCBr)n(C)n1. The molecule has 1 heterocycles. The first kappa shape index (κ1) is 12.2. The fraction of sp³-hybridized carbons (Fsp3) is 0.600. The lowest BCUT2D eigenvalue weighted by atomic mass is 10.3. The Morgan fingerprint density at radius 3 is 2.80 bits per heavy atom. The van der Waals surface area contributed by atoms with E-state index in [4.69, 9.17) is 0 Å². The third-order valence-electron chi connectivity index (χ3n) is 2.19. The maximum Gasteiger partial charge on any atom is 0.271 e. The summed E-state index contributed by atoms with van der Waals surface area (Å²) in [5.74, 6) is 0.0269. The van der Waals surface area contributed by atoms with Crippen molar-refractivity contribution in [3.05, 3.63) is 17.5 Å². The molecule has 1 rings (SSSR count). The molecule has 0 saturated carbocycles. The highest BCUT2D eigenvalue weighted by atomic mass is 79.9. The summed E-state index contributed by atoms with van der Waals surface area (Å²) in [6.07, 6.45) is 0.957. The van der Waals surface area contributed by atoms with Crippen LogP contribution in [0.1, 0.15) is 22.6 Å². The van der Waals surface area contributed by atoms with Gasteiger partial charge in [0.2, 0.25) is 0 Å². The first-order chi connectivity index (χ1) is 7.06. The molecule has 0 aliphatic rings. The second kappa shape index (κ2) is 5.30. The van der Waals surface area contributed by atoms with Crippen LogP contribution in [0.4, 0.5) is 0 Å². The van der Waals surface area contributed by atoms with Gasteiger partial charge in [-0.15, -0.1) is 0 Å². The number of halogens is 1. The van der Waals surface area contributed by atoms with Crippen molar-refractivity contribution < 1.29 is 4.79 Å². The van der Waals surface area contributed by atoms with Gasteiger partial charge in [-0.1, -0.05) is 15.9 Å². The van der Waals surface area contributed by atoms with E-state index in [9.17, 15) is 4.79 Å². The second-order valence-corrected chi connectivity index (χ2v) is 4.36. The number of aromatic nitrogens is 2. The molecule has 4 nitrogen and oxygen atoms in total. The first-order valence-electron chi connectivity index (χ1n) is 4.88. The number of amides is 1. The molecule has 0 spiro atoms. The number of hydrogen-bond acceptors (Lipinski definition) is 2. The number of aryl methyl sites for hydroxylation is 2. The molecule has 1 amide bonds. The Balaban J connectivity index is 2.71. The van der Waals surface area contributed by atoms with E-state index in [2.05, 4.69) is 21.0 Å². The molecule has 0 fully saturated rings. The fourth-order valence-electron chi connectivity index (χ4n) is 1.40. The Bertz CT molecular complexity index is 348. The molecule has 0 aromatic carbocycles. The van der Waals surface area contributed by atoms with Crippen LogP contribution in [-0.4, -0.2) is 39.5 Å². The molecule has 0 N–H and O–H groups in total. The molecule has 0 saturated heterocycles. The quantitative estimate of drug-likeness (QED) is 0.782. The number of hydrogen-bond donors (Lipinski definition) is 0. The van der Waals surface area contributed by atoms with Gasteiger partial charge in [0, 0.05) is 26.0 Å². The van der Waals surface area contributed by atoms with Gasteiger partial charge in [-0.05, 0) is 19.4 Å². The number of carbonyl (C=O) groups excluding carboxylic acids is 1. The van der Waals surface area contributed by atoms with E-state index in [1.165, 1.54) is 0 Å². The van der Waals surface area contributed by atoms with Gasteiger partial charge in [-0.3, -0.25) is 9.48 Å². The molecule has 0 unspecified atom stereocenters. The van der Waals surface area contributed by atoms with Crippen LogP contribution in [0.2, 0.25) is 0 Å². The number of carbonyl (C=O) groups is 1. The highest BCUT2D eigenvalue weighted by Gasteiger charge is 2.15. The highest BCUT2D eigenvalue weighted by molar-refractivity contribution is 9.09. The van der Waals surface area contributed by atoms with E-state index in [0.717, 1.165) is 24.0 Å². The summed E-state index contributed by atoms with van der Waals surface area (Å²) < 4.78 is 1.63. The lowest BCUT2D eigenvalue weighted by Gasteiger charge is -2.16. The van der Waals surface area contributed by atoms with E-state index >= 15 is 0 Å². The van der Waals surface area contributed by atoms with Crippen molar-refractivity contribution in [2.75, 3.05) is 18.9 Å². The van der Waals surface area contributed by atoms with Gasteiger partial charge in [0.15, 0.2) is 0 Å². The topological polar surface area (TPSA) is 38.1 Å². The van der Waals surface area contributed by atoms with E-state index in [-0.39, 0.29) is 5.91 Å². The van der Waals surface area contributed by atoms with Crippen LogP contribution in [0.3, 0.4) is 0 Å². The normalized spacial score (nSPS) is 10.4. The largest absolute Gasteiger partial charge is 0.340 e. The van der Waals surface area contributed by atoms with Crippen LogP contribution in [0.15, 0.2) is 6.07 Å². The molecule has 0 radical (unpaired) electrons. The molecule has 84 valence electrons. The van der Waals surface area contributed by atoms with Crippen molar-refractivity contribution in [3.63, 3.8) is 0 Å². The molecule has 15 heavy (non-hydrogen) atoms. The van der Waals surface area contributed by atoms with Gasteiger partial charge in [0.05, 0.1) is 5.69 Å². The minimum Gasteiger partial charge on any atom is -0.340 e. The van der Waals surface area contributed by atoms with Gasteiger partial charge < -0.3 is 4.90 Å². The van der Waals surface area contributed by atoms with E-state index < -0.39 is 0 Å². The fourth-order valence-corrected chi connectivity index (χ4v) is 1.66. The van der Waals surface area contributed by atoms with Gasteiger partial charge in [-0.25, -0.2) is 0 Å². The zero-order valence-electron chi connectivity index (χ0n) is 9.33. The van der Waals surface area contributed by atoms with Crippen molar-refractivity contribution in [1.82, 2.24) is 14.7 Å². The van der Waals surface area contributed by atoms with E-state index in [1.807, 2.05) is 20.0 Å².